The van der Waals surface area contributed by atoms with Crippen LogP contribution in [0.15, 0.2) is 49.4 Å². The summed E-state index contributed by atoms with van der Waals surface area (Å²) in [7, 11) is 1.97. The summed E-state index contributed by atoms with van der Waals surface area (Å²) in [5, 5.41) is 9.76. The Morgan fingerprint density at radius 2 is 2.12 bits per heavy atom. The monoisotopic (exact) mass is 319 g/mol. The van der Waals surface area contributed by atoms with Gasteiger partial charge in [0.05, 0.1) is 0 Å². The van der Waals surface area contributed by atoms with E-state index in [1.165, 1.54) is 0 Å². The minimum atomic E-state index is 0.308. The Hall–Kier alpha value is -3.01. The standard InChI is InChI=1S/C20H21N3O/c1-5-15(20-21-8-9-23(20)4)11-17-14(3)22-12-18(17)16-6-7-19(24)13(2)10-16/h5-12,22,24H,1H2,2-4H3/b15-11+. The van der Waals surface area contributed by atoms with Crippen molar-refractivity contribution in [2.75, 3.05) is 0 Å². The molecule has 0 spiro atoms. The van der Waals surface area contributed by atoms with Crippen LogP contribution in [0.4, 0.5) is 0 Å². The third kappa shape index (κ3) is 2.78. The van der Waals surface area contributed by atoms with Crippen LogP contribution in [0.5, 0.6) is 5.75 Å². The van der Waals surface area contributed by atoms with E-state index >= 15 is 0 Å². The first kappa shape index (κ1) is 15.9. The fourth-order valence-corrected chi connectivity index (χ4v) is 2.80. The lowest BCUT2D eigenvalue weighted by atomic mass is 9.99. The molecular formula is C20H21N3O. The number of aryl methyl sites for hydroxylation is 3. The second kappa shape index (κ2) is 6.24. The van der Waals surface area contributed by atoms with Gasteiger partial charge in [0.2, 0.25) is 0 Å². The molecule has 0 atom stereocenters. The van der Waals surface area contributed by atoms with Crippen molar-refractivity contribution in [2.45, 2.75) is 13.8 Å². The lowest BCUT2D eigenvalue weighted by Gasteiger charge is -2.07. The van der Waals surface area contributed by atoms with Gasteiger partial charge in [0.15, 0.2) is 0 Å². The van der Waals surface area contributed by atoms with Gasteiger partial charge in [-0.3, -0.25) is 0 Å². The maximum absolute atomic E-state index is 9.76. The molecule has 122 valence electrons. The van der Waals surface area contributed by atoms with Crippen molar-refractivity contribution in [2.24, 2.45) is 7.05 Å². The third-order valence-corrected chi connectivity index (χ3v) is 4.23. The number of imidazole rings is 1. The quantitative estimate of drug-likeness (QED) is 0.697. The van der Waals surface area contributed by atoms with E-state index in [2.05, 4.69) is 22.6 Å². The van der Waals surface area contributed by atoms with Gasteiger partial charge in [-0.2, -0.15) is 0 Å². The smallest absolute Gasteiger partial charge is 0.139 e. The minimum absolute atomic E-state index is 0.308. The molecule has 0 amide bonds. The molecule has 2 heterocycles. The van der Waals surface area contributed by atoms with Crippen LogP contribution in [-0.2, 0) is 7.05 Å². The number of hydrogen-bond donors (Lipinski definition) is 2. The molecule has 0 fully saturated rings. The number of H-pyrrole nitrogens is 1. The average molecular weight is 319 g/mol. The number of nitrogens with one attached hydrogen (secondary N) is 1. The van der Waals surface area contributed by atoms with Crippen molar-refractivity contribution in [1.29, 1.82) is 0 Å². The van der Waals surface area contributed by atoms with Crippen molar-refractivity contribution in [3.8, 4) is 16.9 Å². The Morgan fingerprint density at radius 3 is 2.75 bits per heavy atom. The van der Waals surface area contributed by atoms with Gasteiger partial charge in [-0.25, -0.2) is 4.98 Å². The van der Waals surface area contributed by atoms with Gasteiger partial charge in [-0.05, 0) is 43.2 Å². The maximum atomic E-state index is 9.76. The minimum Gasteiger partial charge on any atom is -0.508 e. The summed E-state index contributed by atoms with van der Waals surface area (Å²) in [6, 6.07) is 5.65. The van der Waals surface area contributed by atoms with Crippen molar-refractivity contribution in [3.05, 3.63) is 72.1 Å². The summed E-state index contributed by atoms with van der Waals surface area (Å²) < 4.78 is 1.97. The molecule has 0 unspecified atom stereocenters. The van der Waals surface area contributed by atoms with Crippen molar-refractivity contribution in [1.82, 2.24) is 14.5 Å². The number of rotatable bonds is 4. The molecule has 4 nitrogen and oxygen atoms in total. The number of aromatic nitrogens is 3. The van der Waals surface area contributed by atoms with Crippen LogP contribution in [0.3, 0.4) is 0 Å². The van der Waals surface area contributed by atoms with Gasteiger partial charge in [-0.15, -0.1) is 0 Å². The molecule has 24 heavy (non-hydrogen) atoms. The summed E-state index contributed by atoms with van der Waals surface area (Å²) in [6.45, 7) is 7.87. The number of allylic oxidation sites excluding steroid dienone is 2. The molecule has 0 saturated carbocycles. The summed E-state index contributed by atoms with van der Waals surface area (Å²) in [5.74, 6) is 1.18. The summed E-state index contributed by atoms with van der Waals surface area (Å²) in [5.41, 5.74) is 6.13. The number of phenolic OH excluding ortho intramolecular Hbond substituents is 1. The van der Waals surface area contributed by atoms with E-state index in [1.807, 2.05) is 56.1 Å². The van der Waals surface area contributed by atoms with Gasteiger partial charge >= 0.3 is 0 Å². The van der Waals surface area contributed by atoms with Crippen molar-refractivity contribution >= 4 is 11.6 Å². The van der Waals surface area contributed by atoms with Crippen molar-refractivity contribution in [3.63, 3.8) is 0 Å². The largest absolute Gasteiger partial charge is 0.508 e. The first-order valence-electron chi connectivity index (χ1n) is 7.81. The second-order valence-electron chi connectivity index (χ2n) is 5.91. The van der Waals surface area contributed by atoms with Gasteiger partial charge in [0.25, 0.3) is 0 Å². The van der Waals surface area contributed by atoms with Gasteiger partial charge < -0.3 is 14.7 Å². The van der Waals surface area contributed by atoms with Gasteiger partial charge in [0.1, 0.15) is 11.6 Å². The van der Waals surface area contributed by atoms with Crippen LogP contribution in [0.2, 0.25) is 0 Å². The molecule has 2 aromatic heterocycles. The van der Waals surface area contributed by atoms with Gasteiger partial charge in [0, 0.05) is 48.0 Å². The van der Waals surface area contributed by atoms with Crippen LogP contribution in [0, 0.1) is 13.8 Å². The molecule has 4 heteroatoms. The van der Waals surface area contributed by atoms with Crippen LogP contribution in [-0.4, -0.2) is 19.6 Å². The molecule has 0 bridgehead atoms. The number of hydrogen-bond acceptors (Lipinski definition) is 2. The first-order valence-corrected chi connectivity index (χ1v) is 7.81. The number of benzene rings is 1. The first-order chi connectivity index (χ1) is 11.5. The van der Waals surface area contributed by atoms with E-state index in [1.54, 1.807) is 12.3 Å². The van der Waals surface area contributed by atoms with Crippen LogP contribution in [0.25, 0.3) is 22.8 Å². The molecule has 1 aromatic carbocycles. The van der Waals surface area contributed by atoms with Crippen molar-refractivity contribution < 1.29 is 5.11 Å². The Kier molecular flexibility index (Phi) is 4.13. The Labute approximate surface area is 141 Å². The SMILES string of the molecule is C=C/C(=C\c1c(-c2ccc(O)c(C)c2)c[nH]c1C)c1nccn1C. The van der Waals surface area contributed by atoms with Crippen LogP contribution in [0.1, 0.15) is 22.6 Å². The highest BCUT2D eigenvalue weighted by atomic mass is 16.3. The Bertz CT molecular complexity index is 928. The van der Waals surface area contributed by atoms with E-state index in [-0.39, 0.29) is 0 Å². The highest BCUT2D eigenvalue weighted by Crippen LogP contribution is 2.32. The lowest BCUT2D eigenvalue weighted by molar-refractivity contribution is 0.471. The Balaban J connectivity index is 2.13. The predicted octanol–water partition coefficient (Wildman–Crippen LogP) is 4.46. The highest BCUT2D eigenvalue weighted by molar-refractivity contribution is 5.90. The van der Waals surface area contributed by atoms with Gasteiger partial charge in [-0.1, -0.05) is 18.7 Å². The summed E-state index contributed by atoms with van der Waals surface area (Å²) >= 11 is 0. The zero-order chi connectivity index (χ0) is 17.3. The second-order valence-corrected chi connectivity index (χ2v) is 5.91. The summed E-state index contributed by atoms with van der Waals surface area (Å²) in [4.78, 5) is 7.70. The van der Waals surface area contributed by atoms with E-state index in [0.29, 0.717) is 5.75 Å². The fourth-order valence-electron chi connectivity index (χ4n) is 2.80. The molecule has 3 rings (SSSR count). The number of phenols is 1. The van der Waals surface area contributed by atoms with Crippen LogP contribution >= 0.6 is 0 Å². The number of aromatic hydroxyl groups is 1. The van der Waals surface area contributed by atoms with E-state index in [0.717, 1.165) is 39.3 Å². The Morgan fingerprint density at radius 1 is 1.33 bits per heavy atom. The molecular weight excluding hydrogens is 298 g/mol. The molecule has 2 N–H and O–H groups in total. The average Bonchev–Trinajstić information content (AvgIpc) is 3.14. The van der Waals surface area contributed by atoms with E-state index < -0.39 is 0 Å². The molecule has 0 saturated heterocycles. The number of nitrogens with zero attached hydrogens (tertiary/aromatic N) is 2. The zero-order valence-corrected chi connectivity index (χ0v) is 14.2. The van der Waals surface area contributed by atoms with E-state index in [4.69, 9.17) is 0 Å². The molecule has 0 aliphatic rings. The molecule has 0 aliphatic carbocycles. The van der Waals surface area contributed by atoms with Crippen LogP contribution < -0.4 is 0 Å². The highest BCUT2D eigenvalue weighted by Gasteiger charge is 2.12. The molecule has 3 aromatic rings. The predicted molar refractivity (Wildman–Crippen MR) is 98.6 cm³/mol. The number of aromatic amines is 1. The zero-order valence-electron chi connectivity index (χ0n) is 14.2. The maximum Gasteiger partial charge on any atom is 0.139 e. The molecule has 0 aliphatic heterocycles. The molecule has 0 radical (unpaired) electrons. The lowest BCUT2D eigenvalue weighted by Crippen LogP contribution is -1.95. The topological polar surface area (TPSA) is 53.8 Å². The fraction of sp³-hybridized carbons (Fsp3) is 0.150. The third-order valence-electron chi connectivity index (χ3n) is 4.23. The normalized spacial score (nSPS) is 11.7. The van der Waals surface area contributed by atoms with E-state index in [9.17, 15) is 5.11 Å². The summed E-state index contributed by atoms with van der Waals surface area (Å²) in [6.07, 6.45) is 9.60.